The summed E-state index contributed by atoms with van der Waals surface area (Å²) >= 11 is 0. The fraction of sp³-hybridized carbons (Fsp3) is 1.00. The Bertz CT molecular complexity index is 229. The molecule has 0 aliphatic carbocycles. The molecule has 0 amide bonds. The molecule has 0 aromatic rings. The van der Waals surface area contributed by atoms with Gasteiger partial charge in [0.25, 0.3) is 0 Å². The van der Waals surface area contributed by atoms with Gasteiger partial charge >= 0.3 is 0 Å². The predicted molar refractivity (Wildman–Crippen MR) is 34.8 cm³/mol. The molecule has 0 aliphatic heterocycles. The Kier molecular flexibility index (Phi) is 3.45. The molecule has 0 saturated heterocycles. The van der Waals surface area contributed by atoms with E-state index in [1.165, 1.54) is 0 Å². The highest BCUT2D eigenvalue weighted by Crippen LogP contribution is 1.94. The largest absolute Gasteiger partial charge is 0.233 e. The van der Waals surface area contributed by atoms with Gasteiger partial charge < -0.3 is 0 Å². The van der Waals surface area contributed by atoms with Crippen LogP contribution in [0, 0.1) is 0 Å². The fourth-order valence-corrected chi connectivity index (χ4v) is 2.27. The summed E-state index contributed by atoms with van der Waals surface area (Å²) in [6.07, 6.45) is 0. The molecule has 0 N–H and O–H groups in total. The summed E-state index contributed by atoms with van der Waals surface area (Å²) in [7, 11) is -1.58. The summed E-state index contributed by atoms with van der Waals surface area (Å²) in [5.74, 6) is -0.908. The summed E-state index contributed by atoms with van der Waals surface area (Å²) in [5, 5.41) is 0. The van der Waals surface area contributed by atoms with Gasteiger partial charge in [-0.1, -0.05) is 0 Å². The SMILES string of the molecule is O=[SH](=O)CCS(=O)(=O)Cl. The van der Waals surface area contributed by atoms with E-state index in [1.54, 1.807) is 0 Å². The van der Waals surface area contributed by atoms with Crippen LogP contribution in [0.2, 0.25) is 0 Å². The minimum absolute atomic E-state index is 0.402. The second kappa shape index (κ2) is 3.38. The maximum Gasteiger partial charge on any atom is 0.233 e. The van der Waals surface area contributed by atoms with E-state index >= 15 is 0 Å². The first-order chi connectivity index (χ1) is 3.92. The van der Waals surface area contributed by atoms with Crippen molar-refractivity contribution in [1.29, 1.82) is 0 Å². The summed E-state index contributed by atoms with van der Waals surface area (Å²) in [4.78, 5) is 0. The van der Waals surface area contributed by atoms with Crippen molar-refractivity contribution >= 4 is 30.4 Å². The quantitative estimate of drug-likeness (QED) is 0.468. The van der Waals surface area contributed by atoms with Crippen LogP contribution >= 0.6 is 10.7 Å². The van der Waals surface area contributed by atoms with Crippen LogP contribution in [0.5, 0.6) is 0 Å². The van der Waals surface area contributed by atoms with E-state index in [2.05, 4.69) is 10.7 Å². The lowest BCUT2D eigenvalue weighted by molar-refractivity contribution is 0.604. The zero-order valence-electron chi connectivity index (χ0n) is 4.28. The number of halogens is 1. The molecule has 0 aliphatic rings. The standard InChI is InChI=1S/C2H5ClO4S2/c3-9(6,7)2-1-8(4)5/h8H,1-2H2. The van der Waals surface area contributed by atoms with Crippen LogP contribution in [0.25, 0.3) is 0 Å². The lowest BCUT2D eigenvalue weighted by atomic mass is 11.0. The first kappa shape index (κ1) is 9.19. The predicted octanol–water partition coefficient (Wildman–Crippen LogP) is -0.834. The van der Waals surface area contributed by atoms with E-state index in [0.717, 1.165) is 0 Å². The highest BCUT2D eigenvalue weighted by atomic mass is 35.7. The second-order valence-electron chi connectivity index (χ2n) is 1.30. The molecule has 0 saturated carbocycles. The molecule has 0 unspecified atom stereocenters. The third-order valence-corrected chi connectivity index (χ3v) is 2.56. The molecule has 56 valence electrons. The van der Waals surface area contributed by atoms with Gasteiger partial charge in [0, 0.05) is 10.7 Å². The Hall–Kier alpha value is 0.190. The fourth-order valence-electron chi connectivity index (χ4n) is 0.184. The molecule has 0 aromatic heterocycles. The van der Waals surface area contributed by atoms with Gasteiger partial charge in [0.15, 0.2) is 0 Å². The Labute approximate surface area is 59.2 Å². The van der Waals surface area contributed by atoms with Crippen molar-refractivity contribution < 1.29 is 16.8 Å². The summed E-state index contributed by atoms with van der Waals surface area (Å²) in [6.45, 7) is 0. The first-order valence-electron chi connectivity index (χ1n) is 1.96. The highest BCUT2D eigenvalue weighted by Gasteiger charge is 2.03. The van der Waals surface area contributed by atoms with Gasteiger partial charge in [-0.3, -0.25) is 0 Å². The van der Waals surface area contributed by atoms with Crippen LogP contribution in [0.15, 0.2) is 0 Å². The van der Waals surface area contributed by atoms with E-state index in [9.17, 15) is 16.8 Å². The van der Waals surface area contributed by atoms with Crippen LogP contribution in [0.4, 0.5) is 0 Å². The normalized spacial score (nSPS) is 12.2. The number of hydrogen-bond donors (Lipinski definition) is 1. The Morgan fingerprint density at radius 1 is 1.33 bits per heavy atom. The number of hydrogen-bond acceptors (Lipinski definition) is 4. The van der Waals surface area contributed by atoms with Crippen LogP contribution in [-0.2, 0) is 19.8 Å². The average molecular weight is 193 g/mol. The van der Waals surface area contributed by atoms with Gasteiger partial charge in [0.05, 0.1) is 11.5 Å². The Morgan fingerprint density at radius 2 is 1.78 bits per heavy atom. The van der Waals surface area contributed by atoms with Crippen molar-refractivity contribution in [2.75, 3.05) is 11.5 Å². The zero-order valence-corrected chi connectivity index (χ0v) is 6.75. The molecule has 0 bridgehead atoms. The Morgan fingerprint density at radius 3 is 1.89 bits per heavy atom. The maximum absolute atomic E-state index is 10.0. The van der Waals surface area contributed by atoms with E-state index < -0.39 is 31.3 Å². The third-order valence-electron chi connectivity index (χ3n) is 0.518. The van der Waals surface area contributed by atoms with E-state index in [1.807, 2.05) is 0 Å². The molecule has 7 heteroatoms. The highest BCUT2D eigenvalue weighted by molar-refractivity contribution is 8.14. The summed E-state index contributed by atoms with van der Waals surface area (Å²) < 4.78 is 39.6. The van der Waals surface area contributed by atoms with Gasteiger partial charge in [-0.2, -0.15) is 0 Å². The minimum atomic E-state index is -3.63. The molecule has 0 rings (SSSR count). The zero-order chi connectivity index (χ0) is 7.49. The van der Waals surface area contributed by atoms with Gasteiger partial charge in [0.1, 0.15) is 10.7 Å². The summed E-state index contributed by atoms with van der Waals surface area (Å²) in [5.41, 5.74) is 0. The van der Waals surface area contributed by atoms with Crippen LogP contribution in [0.1, 0.15) is 0 Å². The van der Waals surface area contributed by atoms with Crippen LogP contribution in [0.3, 0.4) is 0 Å². The van der Waals surface area contributed by atoms with Crippen LogP contribution < -0.4 is 0 Å². The van der Waals surface area contributed by atoms with Gasteiger partial charge in [-0.25, -0.2) is 16.8 Å². The smallest absolute Gasteiger partial charge is 0.232 e. The molecule has 0 atom stereocenters. The topological polar surface area (TPSA) is 68.3 Å². The molecular weight excluding hydrogens is 188 g/mol. The summed E-state index contributed by atoms with van der Waals surface area (Å²) in [6, 6.07) is 0. The molecule has 0 aromatic carbocycles. The third kappa shape index (κ3) is 8.19. The molecule has 0 heterocycles. The van der Waals surface area contributed by atoms with Crippen LogP contribution in [-0.4, -0.2) is 28.3 Å². The van der Waals surface area contributed by atoms with E-state index in [4.69, 9.17) is 0 Å². The van der Waals surface area contributed by atoms with E-state index in [-0.39, 0.29) is 0 Å². The maximum atomic E-state index is 10.0. The monoisotopic (exact) mass is 192 g/mol. The molecule has 0 radical (unpaired) electrons. The lowest BCUT2D eigenvalue weighted by Gasteiger charge is -1.84. The molecule has 9 heavy (non-hydrogen) atoms. The lowest BCUT2D eigenvalue weighted by Crippen LogP contribution is -2.03. The van der Waals surface area contributed by atoms with E-state index in [0.29, 0.717) is 0 Å². The van der Waals surface area contributed by atoms with Crippen molar-refractivity contribution in [3.8, 4) is 0 Å². The Balaban J connectivity index is 3.81. The molecule has 0 spiro atoms. The van der Waals surface area contributed by atoms with Crippen molar-refractivity contribution in [2.45, 2.75) is 0 Å². The molecule has 0 fully saturated rings. The van der Waals surface area contributed by atoms with Gasteiger partial charge in [-0.05, 0) is 0 Å². The van der Waals surface area contributed by atoms with Crippen molar-refractivity contribution in [1.82, 2.24) is 0 Å². The average Bonchev–Trinajstić information content (AvgIpc) is 1.59. The van der Waals surface area contributed by atoms with Crippen molar-refractivity contribution in [3.05, 3.63) is 0 Å². The molecular formula is C2H5ClO4S2. The first-order valence-corrected chi connectivity index (χ1v) is 5.80. The molecule has 4 nitrogen and oxygen atoms in total. The number of thiol groups is 1. The van der Waals surface area contributed by atoms with Crippen molar-refractivity contribution in [2.24, 2.45) is 0 Å². The van der Waals surface area contributed by atoms with Gasteiger partial charge in [0.2, 0.25) is 9.05 Å². The number of rotatable bonds is 3. The van der Waals surface area contributed by atoms with Gasteiger partial charge in [-0.15, -0.1) is 0 Å². The minimum Gasteiger partial charge on any atom is -0.232 e. The second-order valence-corrected chi connectivity index (χ2v) is 5.31. The van der Waals surface area contributed by atoms with Crippen molar-refractivity contribution in [3.63, 3.8) is 0 Å².